The molecule has 1 unspecified atom stereocenters. The fourth-order valence-electron chi connectivity index (χ4n) is 3.81. The number of nitrogens with two attached hydrogens (primary N) is 1. The lowest BCUT2D eigenvalue weighted by Crippen LogP contribution is -2.45. The van der Waals surface area contributed by atoms with Crippen molar-refractivity contribution >= 4 is 0 Å². The van der Waals surface area contributed by atoms with Gasteiger partial charge in [0.05, 0.1) is 0 Å². The first kappa shape index (κ1) is 13.4. The fourth-order valence-corrected chi connectivity index (χ4v) is 3.81. The summed E-state index contributed by atoms with van der Waals surface area (Å²) in [5.41, 5.74) is 6.58. The molecule has 1 atom stereocenters. The van der Waals surface area contributed by atoms with Crippen LogP contribution in [0.15, 0.2) is 0 Å². The molecule has 0 bridgehead atoms. The SMILES string of the molecule is CC1CCCN(CC2(CN)CCCCCC2)C1. The van der Waals surface area contributed by atoms with E-state index in [2.05, 4.69) is 11.8 Å². The highest BCUT2D eigenvalue weighted by atomic mass is 15.1. The minimum absolute atomic E-state index is 0.452. The first-order valence-corrected chi connectivity index (χ1v) is 7.66. The Hall–Kier alpha value is -0.0800. The smallest absolute Gasteiger partial charge is 0.00502 e. The van der Waals surface area contributed by atoms with E-state index in [9.17, 15) is 0 Å². The molecule has 0 aromatic carbocycles. The standard InChI is InChI=1S/C15H30N2/c1-14-7-6-10-17(11-14)13-15(12-16)8-4-2-3-5-9-15/h14H,2-13,16H2,1H3. The Balaban J connectivity index is 1.92. The normalized spacial score (nSPS) is 31.1. The van der Waals surface area contributed by atoms with Crippen LogP contribution in [0, 0.1) is 11.3 Å². The zero-order valence-electron chi connectivity index (χ0n) is 11.6. The Kier molecular flexibility index (Phi) is 4.87. The van der Waals surface area contributed by atoms with Crippen LogP contribution in [0.2, 0.25) is 0 Å². The van der Waals surface area contributed by atoms with Gasteiger partial charge in [0.1, 0.15) is 0 Å². The van der Waals surface area contributed by atoms with E-state index in [4.69, 9.17) is 5.73 Å². The van der Waals surface area contributed by atoms with Crippen molar-refractivity contribution in [2.75, 3.05) is 26.2 Å². The lowest BCUT2D eigenvalue weighted by atomic mass is 9.79. The molecule has 1 saturated carbocycles. The monoisotopic (exact) mass is 238 g/mol. The number of nitrogens with zero attached hydrogens (tertiary/aromatic N) is 1. The van der Waals surface area contributed by atoms with Crippen molar-refractivity contribution in [1.82, 2.24) is 4.90 Å². The van der Waals surface area contributed by atoms with E-state index in [0.717, 1.165) is 12.5 Å². The molecule has 0 radical (unpaired) electrons. The topological polar surface area (TPSA) is 29.3 Å². The van der Waals surface area contributed by atoms with E-state index >= 15 is 0 Å². The average molecular weight is 238 g/mol. The Labute approximate surface area is 107 Å². The number of piperidine rings is 1. The third-order valence-electron chi connectivity index (χ3n) is 4.90. The molecule has 100 valence electrons. The Morgan fingerprint density at radius 3 is 2.41 bits per heavy atom. The van der Waals surface area contributed by atoms with Gasteiger partial charge in [0.25, 0.3) is 0 Å². The lowest BCUT2D eigenvalue weighted by molar-refractivity contribution is 0.0991. The maximum absolute atomic E-state index is 6.13. The van der Waals surface area contributed by atoms with Gasteiger partial charge in [-0.15, -0.1) is 0 Å². The van der Waals surface area contributed by atoms with Crippen LogP contribution in [0.3, 0.4) is 0 Å². The van der Waals surface area contributed by atoms with Crippen LogP contribution in [0.1, 0.15) is 58.3 Å². The summed E-state index contributed by atoms with van der Waals surface area (Å²) in [6, 6.07) is 0. The van der Waals surface area contributed by atoms with Crippen molar-refractivity contribution in [3.63, 3.8) is 0 Å². The molecule has 2 fully saturated rings. The Bertz CT molecular complexity index is 219. The van der Waals surface area contributed by atoms with Gasteiger partial charge in [0, 0.05) is 13.1 Å². The third kappa shape index (κ3) is 3.69. The lowest BCUT2D eigenvalue weighted by Gasteiger charge is -2.40. The van der Waals surface area contributed by atoms with Crippen LogP contribution in [-0.4, -0.2) is 31.1 Å². The Morgan fingerprint density at radius 2 is 1.82 bits per heavy atom. The molecule has 2 aliphatic rings. The van der Waals surface area contributed by atoms with Crippen molar-refractivity contribution in [2.45, 2.75) is 58.3 Å². The highest BCUT2D eigenvalue weighted by molar-refractivity contribution is 4.87. The molecule has 0 aromatic rings. The first-order valence-electron chi connectivity index (χ1n) is 7.66. The number of hydrogen-bond donors (Lipinski definition) is 1. The van der Waals surface area contributed by atoms with Crippen LogP contribution < -0.4 is 5.73 Å². The van der Waals surface area contributed by atoms with Crippen LogP contribution >= 0.6 is 0 Å². The van der Waals surface area contributed by atoms with E-state index in [-0.39, 0.29) is 0 Å². The summed E-state index contributed by atoms with van der Waals surface area (Å²) in [6.45, 7) is 7.19. The average Bonchev–Trinajstić information content (AvgIpc) is 2.55. The minimum Gasteiger partial charge on any atom is -0.330 e. The van der Waals surface area contributed by atoms with Crippen molar-refractivity contribution in [1.29, 1.82) is 0 Å². The van der Waals surface area contributed by atoms with Gasteiger partial charge in [-0.2, -0.15) is 0 Å². The molecular weight excluding hydrogens is 208 g/mol. The van der Waals surface area contributed by atoms with Crippen molar-refractivity contribution in [3.8, 4) is 0 Å². The van der Waals surface area contributed by atoms with Crippen molar-refractivity contribution in [3.05, 3.63) is 0 Å². The molecule has 1 saturated heterocycles. The van der Waals surface area contributed by atoms with Crippen LogP contribution in [-0.2, 0) is 0 Å². The second-order valence-corrected chi connectivity index (χ2v) is 6.60. The summed E-state index contributed by atoms with van der Waals surface area (Å²) < 4.78 is 0. The van der Waals surface area contributed by atoms with Gasteiger partial charge in [-0.1, -0.05) is 32.6 Å². The summed E-state index contributed by atoms with van der Waals surface area (Å²) >= 11 is 0. The molecule has 1 heterocycles. The van der Waals surface area contributed by atoms with E-state index < -0.39 is 0 Å². The molecule has 0 spiro atoms. The second-order valence-electron chi connectivity index (χ2n) is 6.60. The maximum Gasteiger partial charge on any atom is 0.00502 e. The summed E-state index contributed by atoms with van der Waals surface area (Å²) in [5.74, 6) is 0.893. The van der Waals surface area contributed by atoms with Crippen LogP contribution in [0.4, 0.5) is 0 Å². The van der Waals surface area contributed by atoms with Gasteiger partial charge in [0.2, 0.25) is 0 Å². The molecular formula is C15H30N2. The number of hydrogen-bond acceptors (Lipinski definition) is 2. The molecule has 2 N–H and O–H groups in total. The zero-order chi connectivity index (χ0) is 12.1. The van der Waals surface area contributed by atoms with Gasteiger partial charge in [-0.05, 0) is 50.1 Å². The van der Waals surface area contributed by atoms with E-state index in [0.29, 0.717) is 5.41 Å². The maximum atomic E-state index is 6.13. The molecule has 2 heteroatoms. The quantitative estimate of drug-likeness (QED) is 0.766. The Morgan fingerprint density at radius 1 is 1.12 bits per heavy atom. The second kappa shape index (κ2) is 6.19. The number of rotatable bonds is 3. The minimum atomic E-state index is 0.452. The summed E-state index contributed by atoms with van der Waals surface area (Å²) in [5, 5.41) is 0. The summed E-state index contributed by atoms with van der Waals surface area (Å²) in [7, 11) is 0. The van der Waals surface area contributed by atoms with Gasteiger partial charge < -0.3 is 10.6 Å². The fraction of sp³-hybridized carbons (Fsp3) is 1.00. The highest BCUT2D eigenvalue weighted by Gasteiger charge is 2.32. The first-order chi connectivity index (χ1) is 8.24. The predicted octanol–water partition coefficient (Wildman–Crippen LogP) is 3.02. The van der Waals surface area contributed by atoms with Gasteiger partial charge in [-0.25, -0.2) is 0 Å². The van der Waals surface area contributed by atoms with Crippen molar-refractivity contribution < 1.29 is 0 Å². The molecule has 0 amide bonds. The van der Waals surface area contributed by atoms with Crippen LogP contribution in [0.25, 0.3) is 0 Å². The molecule has 1 aliphatic heterocycles. The largest absolute Gasteiger partial charge is 0.330 e. The molecule has 0 aromatic heterocycles. The van der Waals surface area contributed by atoms with Gasteiger partial charge in [0.15, 0.2) is 0 Å². The summed E-state index contributed by atoms with van der Waals surface area (Å²) in [4.78, 5) is 2.70. The van der Waals surface area contributed by atoms with E-state index in [1.54, 1.807) is 0 Å². The highest BCUT2D eigenvalue weighted by Crippen LogP contribution is 2.35. The van der Waals surface area contributed by atoms with E-state index in [1.165, 1.54) is 71.0 Å². The molecule has 2 nitrogen and oxygen atoms in total. The number of likely N-dealkylation sites (tertiary alicyclic amines) is 1. The van der Waals surface area contributed by atoms with Gasteiger partial charge >= 0.3 is 0 Å². The third-order valence-corrected chi connectivity index (χ3v) is 4.90. The van der Waals surface area contributed by atoms with Gasteiger partial charge in [-0.3, -0.25) is 0 Å². The molecule has 1 aliphatic carbocycles. The zero-order valence-corrected chi connectivity index (χ0v) is 11.6. The van der Waals surface area contributed by atoms with E-state index in [1.807, 2.05) is 0 Å². The van der Waals surface area contributed by atoms with Crippen LogP contribution in [0.5, 0.6) is 0 Å². The van der Waals surface area contributed by atoms with Crippen molar-refractivity contribution in [2.24, 2.45) is 17.1 Å². The predicted molar refractivity (Wildman–Crippen MR) is 74.0 cm³/mol. The molecule has 17 heavy (non-hydrogen) atoms. The summed E-state index contributed by atoms with van der Waals surface area (Å²) in [6.07, 6.45) is 11.2. The molecule has 2 rings (SSSR count).